The molecule has 3 aromatic carbocycles. The molecule has 0 unspecified atom stereocenters. The highest BCUT2D eigenvalue weighted by Gasteiger charge is 2.34. The van der Waals surface area contributed by atoms with Gasteiger partial charge < -0.3 is 9.47 Å². The van der Waals surface area contributed by atoms with Gasteiger partial charge in [-0.3, -0.25) is 19.8 Å². The van der Waals surface area contributed by atoms with Crippen LogP contribution in [0.25, 0.3) is 6.08 Å². The SMILES string of the molecule is CCCCN1C(=O)/C(=C\c2cc(OC)c(OCc3ccccc3)cc2[N+](=O)[O-])SC1=Nc1ccc(C)cc1. The maximum absolute atomic E-state index is 13.4. The minimum Gasteiger partial charge on any atom is -0.493 e. The van der Waals surface area contributed by atoms with E-state index in [0.29, 0.717) is 22.4 Å². The lowest BCUT2D eigenvalue weighted by atomic mass is 10.1. The lowest BCUT2D eigenvalue weighted by molar-refractivity contribution is -0.385. The number of hydrogen-bond acceptors (Lipinski definition) is 7. The molecule has 3 aromatic rings. The van der Waals surface area contributed by atoms with Crippen LogP contribution in [0.1, 0.15) is 36.5 Å². The predicted octanol–water partition coefficient (Wildman–Crippen LogP) is 6.89. The Bertz CT molecular complexity index is 1370. The summed E-state index contributed by atoms with van der Waals surface area (Å²) in [5.74, 6) is 0.360. The van der Waals surface area contributed by atoms with E-state index in [2.05, 4.69) is 6.92 Å². The Kier molecular flexibility index (Phi) is 8.81. The topological polar surface area (TPSA) is 94.3 Å². The summed E-state index contributed by atoms with van der Waals surface area (Å²) in [6.07, 6.45) is 3.26. The fourth-order valence-electron chi connectivity index (χ4n) is 3.82. The number of aliphatic imine (C=N–C) groups is 1. The molecule has 0 atom stereocenters. The first kappa shape index (κ1) is 26.9. The number of carbonyl (C=O) groups is 1. The van der Waals surface area contributed by atoms with Crippen molar-refractivity contribution in [2.75, 3.05) is 13.7 Å². The van der Waals surface area contributed by atoms with Gasteiger partial charge in [-0.25, -0.2) is 4.99 Å². The Morgan fingerprint density at radius 2 is 1.82 bits per heavy atom. The molecule has 1 aliphatic heterocycles. The molecular weight excluding hydrogens is 502 g/mol. The summed E-state index contributed by atoms with van der Waals surface area (Å²) >= 11 is 1.21. The number of amides is 1. The third-order valence-corrected chi connectivity index (χ3v) is 6.92. The number of nitro groups is 1. The number of rotatable bonds is 10. The first-order valence-corrected chi connectivity index (χ1v) is 13.1. The van der Waals surface area contributed by atoms with E-state index in [1.807, 2.05) is 61.5 Å². The largest absolute Gasteiger partial charge is 0.493 e. The number of unbranched alkanes of at least 4 members (excludes halogenated alkanes) is 1. The molecule has 196 valence electrons. The summed E-state index contributed by atoms with van der Waals surface area (Å²) in [5, 5.41) is 12.5. The van der Waals surface area contributed by atoms with Crippen LogP contribution < -0.4 is 9.47 Å². The van der Waals surface area contributed by atoms with Crippen molar-refractivity contribution in [3.05, 3.63) is 98.4 Å². The fraction of sp³-hybridized carbons (Fsp3) is 0.241. The molecule has 1 amide bonds. The average Bonchev–Trinajstić information content (AvgIpc) is 3.21. The first-order valence-electron chi connectivity index (χ1n) is 12.3. The zero-order chi connectivity index (χ0) is 27.1. The van der Waals surface area contributed by atoms with Gasteiger partial charge in [0.15, 0.2) is 16.7 Å². The van der Waals surface area contributed by atoms with Gasteiger partial charge in [0.25, 0.3) is 11.6 Å². The highest BCUT2D eigenvalue weighted by atomic mass is 32.2. The van der Waals surface area contributed by atoms with Gasteiger partial charge in [0.2, 0.25) is 0 Å². The number of benzene rings is 3. The highest BCUT2D eigenvalue weighted by Crippen LogP contribution is 2.40. The smallest absolute Gasteiger partial charge is 0.280 e. The molecule has 0 spiro atoms. The molecule has 0 N–H and O–H groups in total. The number of aryl methyl sites for hydroxylation is 1. The van der Waals surface area contributed by atoms with E-state index >= 15 is 0 Å². The number of nitro benzene ring substituents is 1. The summed E-state index contributed by atoms with van der Waals surface area (Å²) in [6, 6.07) is 20.1. The minimum atomic E-state index is -0.485. The van der Waals surface area contributed by atoms with Crippen molar-refractivity contribution in [1.29, 1.82) is 0 Å². The van der Waals surface area contributed by atoms with Gasteiger partial charge in [0.1, 0.15) is 6.61 Å². The quantitative estimate of drug-likeness (QED) is 0.161. The zero-order valence-corrected chi connectivity index (χ0v) is 22.4. The van der Waals surface area contributed by atoms with E-state index in [4.69, 9.17) is 14.5 Å². The molecule has 0 aliphatic carbocycles. The molecule has 0 bridgehead atoms. The lowest BCUT2D eigenvalue weighted by Gasteiger charge is -2.14. The van der Waals surface area contributed by atoms with Gasteiger partial charge >= 0.3 is 0 Å². The van der Waals surface area contributed by atoms with Crippen LogP contribution in [-0.2, 0) is 11.4 Å². The molecule has 9 heteroatoms. The van der Waals surface area contributed by atoms with Crippen molar-refractivity contribution >= 4 is 40.3 Å². The first-order chi connectivity index (χ1) is 18.4. The van der Waals surface area contributed by atoms with E-state index in [0.717, 1.165) is 29.7 Å². The number of amidine groups is 1. The molecule has 4 rings (SSSR count). The zero-order valence-electron chi connectivity index (χ0n) is 21.5. The van der Waals surface area contributed by atoms with Crippen LogP contribution in [0.2, 0.25) is 0 Å². The average molecular weight is 532 g/mol. The maximum Gasteiger partial charge on any atom is 0.280 e. The van der Waals surface area contributed by atoms with Crippen molar-refractivity contribution < 1.29 is 19.2 Å². The Hall–Kier alpha value is -4.11. The van der Waals surface area contributed by atoms with Crippen LogP contribution >= 0.6 is 11.8 Å². The van der Waals surface area contributed by atoms with Crippen LogP contribution in [0.15, 0.2) is 76.6 Å². The third kappa shape index (κ3) is 6.41. The van der Waals surface area contributed by atoms with Crippen molar-refractivity contribution in [1.82, 2.24) is 4.90 Å². The monoisotopic (exact) mass is 531 g/mol. The fourth-order valence-corrected chi connectivity index (χ4v) is 4.84. The number of hydrogen-bond donors (Lipinski definition) is 0. The molecule has 0 aromatic heterocycles. The molecule has 38 heavy (non-hydrogen) atoms. The normalized spacial score (nSPS) is 15.3. The standard InChI is InChI=1S/C29H29N3O5S/c1-4-5-15-31-28(33)27(38-29(31)30-23-13-11-20(2)12-14-23)17-22-16-25(36-3)26(18-24(22)32(34)35)37-19-21-9-7-6-8-10-21/h6-14,16-18H,4-5,15,19H2,1-3H3/b27-17+,30-29?. The van der Waals surface area contributed by atoms with Crippen molar-refractivity contribution in [2.45, 2.75) is 33.3 Å². The molecule has 8 nitrogen and oxygen atoms in total. The number of nitrogens with zero attached hydrogens (tertiary/aromatic N) is 3. The molecule has 0 saturated carbocycles. The summed E-state index contributed by atoms with van der Waals surface area (Å²) < 4.78 is 11.3. The molecule has 1 fully saturated rings. The second-order valence-electron chi connectivity index (χ2n) is 8.74. The van der Waals surface area contributed by atoms with Gasteiger partial charge in [-0.05, 0) is 54.9 Å². The minimum absolute atomic E-state index is 0.182. The van der Waals surface area contributed by atoms with E-state index < -0.39 is 4.92 Å². The van der Waals surface area contributed by atoms with Gasteiger partial charge in [0, 0.05) is 6.54 Å². The molecule has 1 aliphatic rings. The van der Waals surface area contributed by atoms with Crippen LogP contribution in [0, 0.1) is 17.0 Å². The Morgan fingerprint density at radius 3 is 2.47 bits per heavy atom. The second kappa shape index (κ2) is 12.4. The van der Waals surface area contributed by atoms with Gasteiger partial charge in [-0.2, -0.15) is 0 Å². The Morgan fingerprint density at radius 1 is 1.08 bits per heavy atom. The summed E-state index contributed by atoms with van der Waals surface area (Å²) in [7, 11) is 1.47. The van der Waals surface area contributed by atoms with E-state index in [-0.39, 0.29) is 29.5 Å². The number of carbonyl (C=O) groups excluding carboxylic acids is 1. The van der Waals surface area contributed by atoms with Gasteiger partial charge in [-0.1, -0.05) is 61.4 Å². The number of ether oxygens (including phenoxy) is 2. The van der Waals surface area contributed by atoms with Gasteiger partial charge in [0.05, 0.1) is 34.3 Å². The van der Waals surface area contributed by atoms with Gasteiger partial charge in [-0.15, -0.1) is 0 Å². The second-order valence-corrected chi connectivity index (χ2v) is 9.75. The lowest BCUT2D eigenvalue weighted by Crippen LogP contribution is -2.30. The number of thioether (sulfide) groups is 1. The number of methoxy groups -OCH3 is 1. The van der Waals surface area contributed by atoms with E-state index in [1.54, 1.807) is 4.90 Å². The van der Waals surface area contributed by atoms with Crippen LogP contribution in [0.5, 0.6) is 11.5 Å². The van der Waals surface area contributed by atoms with E-state index in [1.165, 1.54) is 37.1 Å². The Balaban J connectivity index is 1.68. The highest BCUT2D eigenvalue weighted by molar-refractivity contribution is 8.18. The molecular formula is C29H29N3O5S. The summed E-state index contributed by atoms with van der Waals surface area (Å²) in [6.45, 7) is 4.80. The van der Waals surface area contributed by atoms with Crippen LogP contribution in [0.4, 0.5) is 11.4 Å². The van der Waals surface area contributed by atoms with Crippen LogP contribution in [0.3, 0.4) is 0 Å². The molecule has 1 heterocycles. The maximum atomic E-state index is 13.4. The van der Waals surface area contributed by atoms with Crippen molar-refractivity contribution in [3.63, 3.8) is 0 Å². The van der Waals surface area contributed by atoms with Crippen LogP contribution in [-0.4, -0.2) is 34.6 Å². The molecule has 1 saturated heterocycles. The summed E-state index contributed by atoms with van der Waals surface area (Å²) in [5.41, 5.74) is 2.84. The van der Waals surface area contributed by atoms with Crippen molar-refractivity contribution in [3.8, 4) is 11.5 Å². The predicted molar refractivity (Wildman–Crippen MR) is 151 cm³/mol. The summed E-state index contributed by atoms with van der Waals surface area (Å²) in [4.78, 5) is 31.6. The molecule has 0 radical (unpaired) electrons. The van der Waals surface area contributed by atoms with Crippen molar-refractivity contribution in [2.24, 2.45) is 4.99 Å². The Labute approximate surface area is 226 Å². The van der Waals surface area contributed by atoms with E-state index in [9.17, 15) is 14.9 Å². The third-order valence-electron chi connectivity index (χ3n) is 5.92.